The number of aromatic nitrogens is 1. The molecule has 5 nitrogen and oxygen atoms in total. The van der Waals surface area contributed by atoms with Crippen LogP contribution in [0.2, 0.25) is 0 Å². The number of alkyl halides is 3. The van der Waals surface area contributed by atoms with E-state index in [2.05, 4.69) is 15.0 Å². The minimum Gasteiger partial charge on any atom is -0.476 e. The highest BCUT2D eigenvalue weighted by Gasteiger charge is 2.35. The lowest BCUT2D eigenvalue weighted by Crippen LogP contribution is -2.23. The molecule has 23 heavy (non-hydrogen) atoms. The molecule has 2 aromatic rings. The summed E-state index contributed by atoms with van der Waals surface area (Å²) in [5.74, 6) is -0.00413. The summed E-state index contributed by atoms with van der Waals surface area (Å²) in [6, 6.07) is 5.67. The first-order valence-corrected chi connectivity index (χ1v) is 7.14. The minimum absolute atomic E-state index is 0.0000694. The van der Waals surface area contributed by atoms with E-state index in [0.717, 1.165) is 13.0 Å². The van der Waals surface area contributed by atoms with Crippen LogP contribution < -0.4 is 14.8 Å². The Hall–Kier alpha value is -2.22. The molecule has 1 fully saturated rings. The van der Waals surface area contributed by atoms with Crippen LogP contribution in [0.1, 0.15) is 18.4 Å². The Morgan fingerprint density at radius 2 is 2.04 bits per heavy atom. The van der Waals surface area contributed by atoms with Crippen molar-refractivity contribution in [1.82, 2.24) is 10.3 Å². The zero-order chi connectivity index (χ0) is 16.3. The monoisotopic (exact) mass is 328 g/mol. The summed E-state index contributed by atoms with van der Waals surface area (Å²) in [5.41, 5.74) is 0. The Balaban J connectivity index is 1.85. The van der Waals surface area contributed by atoms with Gasteiger partial charge in [0.25, 0.3) is 0 Å². The van der Waals surface area contributed by atoms with E-state index in [9.17, 15) is 13.2 Å². The van der Waals surface area contributed by atoms with Gasteiger partial charge in [-0.3, -0.25) is 0 Å². The van der Waals surface area contributed by atoms with Crippen molar-refractivity contribution < 1.29 is 27.1 Å². The van der Waals surface area contributed by atoms with E-state index >= 15 is 0 Å². The highest BCUT2D eigenvalue weighted by Crippen LogP contribution is 2.37. The highest BCUT2D eigenvalue weighted by molar-refractivity contribution is 5.40. The predicted molar refractivity (Wildman–Crippen MR) is 74.0 cm³/mol. The van der Waals surface area contributed by atoms with Gasteiger partial charge in [-0.05, 0) is 25.1 Å². The van der Waals surface area contributed by atoms with E-state index in [4.69, 9.17) is 9.15 Å². The molecule has 3 rings (SSSR count). The molecule has 0 bridgehead atoms. The fraction of sp³-hybridized carbons (Fsp3) is 0.400. The number of halogens is 3. The molecule has 1 aromatic heterocycles. The first-order chi connectivity index (χ1) is 11.0. The molecule has 1 aliphatic heterocycles. The summed E-state index contributed by atoms with van der Waals surface area (Å²) in [6.45, 7) is 1.49. The third-order valence-electron chi connectivity index (χ3n) is 3.55. The third-order valence-corrected chi connectivity index (χ3v) is 3.55. The Morgan fingerprint density at radius 3 is 2.65 bits per heavy atom. The van der Waals surface area contributed by atoms with Crippen molar-refractivity contribution in [2.24, 2.45) is 5.92 Å². The number of nitrogens with one attached hydrogen (secondary N) is 1. The number of ether oxygens (including phenoxy) is 2. The summed E-state index contributed by atoms with van der Waals surface area (Å²) >= 11 is 0. The second kappa shape index (κ2) is 6.49. The second-order valence-electron chi connectivity index (χ2n) is 5.16. The number of benzene rings is 1. The third kappa shape index (κ3) is 3.95. The molecule has 8 heteroatoms. The summed E-state index contributed by atoms with van der Waals surface area (Å²) in [5, 5.41) is 3.19. The molecule has 2 atom stereocenters. The van der Waals surface area contributed by atoms with E-state index in [1.165, 1.54) is 30.7 Å². The van der Waals surface area contributed by atoms with Gasteiger partial charge in [-0.2, -0.15) is 0 Å². The van der Waals surface area contributed by atoms with E-state index in [0.29, 0.717) is 12.4 Å². The van der Waals surface area contributed by atoms with Gasteiger partial charge in [0, 0.05) is 12.5 Å². The number of nitrogens with zero attached hydrogens (tertiary/aromatic N) is 1. The van der Waals surface area contributed by atoms with Crippen molar-refractivity contribution in [2.75, 3.05) is 13.1 Å². The van der Waals surface area contributed by atoms with E-state index < -0.39 is 12.5 Å². The molecule has 1 saturated heterocycles. The molecular weight excluding hydrogens is 313 g/mol. The van der Waals surface area contributed by atoms with Crippen molar-refractivity contribution in [2.45, 2.75) is 18.9 Å². The molecule has 1 aromatic carbocycles. The van der Waals surface area contributed by atoms with Crippen LogP contribution in [-0.2, 0) is 0 Å². The van der Waals surface area contributed by atoms with Crippen molar-refractivity contribution in [3.8, 4) is 11.5 Å². The first-order valence-electron chi connectivity index (χ1n) is 7.14. The maximum Gasteiger partial charge on any atom is 0.573 e. The smallest absolute Gasteiger partial charge is 0.476 e. The Labute approximate surface area is 130 Å². The summed E-state index contributed by atoms with van der Waals surface area (Å²) in [6.07, 6.45) is -1.67. The fourth-order valence-electron chi connectivity index (χ4n) is 2.55. The van der Waals surface area contributed by atoms with Crippen LogP contribution in [0.5, 0.6) is 11.5 Å². The summed E-state index contributed by atoms with van der Waals surface area (Å²) in [7, 11) is 0. The average Bonchev–Trinajstić information content (AvgIpc) is 3.18. The number of hydrogen-bond acceptors (Lipinski definition) is 5. The van der Waals surface area contributed by atoms with Crippen molar-refractivity contribution in [3.05, 3.63) is 42.6 Å². The Bertz CT molecular complexity index is 625. The Kier molecular flexibility index (Phi) is 4.42. The molecule has 0 saturated carbocycles. The van der Waals surface area contributed by atoms with Gasteiger partial charge in [0.1, 0.15) is 6.26 Å². The van der Waals surface area contributed by atoms with Gasteiger partial charge in [0.2, 0.25) is 5.89 Å². The van der Waals surface area contributed by atoms with Crippen LogP contribution in [0.4, 0.5) is 13.2 Å². The van der Waals surface area contributed by atoms with E-state index in [1.54, 1.807) is 6.07 Å². The molecule has 1 aliphatic rings. The molecule has 0 radical (unpaired) electrons. The van der Waals surface area contributed by atoms with Gasteiger partial charge in [-0.25, -0.2) is 4.98 Å². The molecule has 0 spiro atoms. The summed E-state index contributed by atoms with van der Waals surface area (Å²) in [4.78, 5) is 4.08. The lowest BCUT2D eigenvalue weighted by molar-refractivity contribution is -0.275. The number of para-hydroxylation sites is 2. The zero-order valence-electron chi connectivity index (χ0n) is 12.0. The molecule has 1 N–H and O–H groups in total. The van der Waals surface area contributed by atoms with Crippen molar-refractivity contribution >= 4 is 0 Å². The highest BCUT2D eigenvalue weighted by atomic mass is 19.4. The number of hydrogen-bond donors (Lipinski definition) is 1. The first kappa shape index (κ1) is 15.7. The van der Waals surface area contributed by atoms with Crippen LogP contribution in [0.3, 0.4) is 0 Å². The largest absolute Gasteiger partial charge is 0.573 e. The Morgan fingerprint density at radius 1 is 1.26 bits per heavy atom. The van der Waals surface area contributed by atoms with Crippen LogP contribution in [0, 0.1) is 5.92 Å². The van der Waals surface area contributed by atoms with Crippen molar-refractivity contribution in [3.63, 3.8) is 0 Å². The summed E-state index contributed by atoms with van der Waals surface area (Å²) < 4.78 is 52.7. The topological polar surface area (TPSA) is 56.5 Å². The maximum absolute atomic E-state index is 12.5. The molecule has 0 amide bonds. The lowest BCUT2D eigenvalue weighted by Gasteiger charge is -2.23. The molecule has 0 aliphatic carbocycles. The van der Waals surface area contributed by atoms with Gasteiger partial charge in [0.15, 0.2) is 17.6 Å². The van der Waals surface area contributed by atoms with Crippen LogP contribution in [0.15, 0.2) is 41.1 Å². The van der Waals surface area contributed by atoms with Gasteiger partial charge < -0.3 is 19.2 Å². The standard InChI is InChI=1S/C15H15F3N2O3/c16-15(17,18)23-12-4-2-1-3-11(12)22-13(10-5-6-19-9-10)14-20-7-8-21-14/h1-4,7-8,10,13,19H,5-6,9H2/t10-,13?/m1/s1. The van der Waals surface area contributed by atoms with Crippen molar-refractivity contribution in [1.29, 1.82) is 0 Å². The van der Waals surface area contributed by atoms with Gasteiger partial charge in [0.05, 0.1) is 6.20 Å². The van der Waals surface area contributed by atoms with Crippen LogP contribution >= 0.6 is 0 Å². The van der Waals surface area contributed by atoms with Crippen LogP contribution in [0.25, 0.3) is 0 Å². The van der Waals surface area contributed by atoms with E-state index in [1.807, 2.05) is 0 Å². The lowest BCUT2D eigenvalue weighted by atomic mass is 10.0. The van der Waals surface area contributed by atoms with E-state index in [-0.39, 0.29) is 17.4 Å². The minimum atomic E-state index is -4.78. The second-order valence-corrected chi connectivity index (χ2v) is 5.16. The number of rotatable bonds is 5. The average molecular weight is 328 g/mol. The zero-order valence-corrected chi connectivity index (χ0v) is 12.0. The molecule has 124 valence electrons. The number of oxazole rings is 1. The molecule has 2 heterocycles. The SMILES string of the molecule is FC(F)(F)Oc1ccccc1OC(c1ncco1)[C@@H]1CCNC1. The predicted octanol–water partition coefficient (Wildman–Crippen LogP) is 3.30. The van der Waals surface area contributed by atoms with Gasteiger partial charge in [-0.15, -0.1) is 13.2 Å². The quantitative estimate of drug-likeness (QED) is 0.913. The molecular formula is C15H15F3N2O3. The van der Waals surface area contributed by atoms with Gasteiger partial charge in [-0.1, -0.05) is 12.1 Å². The molecule has 1 unspecified atom stereocenters. The normalized spacial score (nSPS) is 19.5. The fourth-order valence-corrected chi connectivity index (χ4v) is 2.55. The van der Waals surface area contributed by atoms with Crippen LogP contribution in [-0.4, -0.2) is 24.4 Å². The maximum atomic E-state index is 12.5. The van der Waals surface area contributed by atoms with Gasteiger partial charge >= 0.3 is 6.36 Å².